The van der Waals surface area contributed by atoms with Crippen LogP contribution in [0.15, 0.2) is 0 Å². The third-order valence-electron chi connectivity index (χ3n) is 3.53. The summed E-state index contributed by atoms with van der Waals surface area (Å²) in [5.41, 5.74) is 0. The van der Waals surface area contributed by atoms with Gasteiger partial charge in [-0.25, -0.2) is 0 Å². The second-order valence-electron chi connectivity index (χ2n) is 5.13. The topological polar surface area (TPSA) is 38.3 Å². The first kappa shape index (κ1) is 14.5. The van der Waals surface area contributed by atoms with Gasteiger partial charge in [-0.1, -0.05) is 46.0 Å². The Kier molecular flexibility index (Phi) is 7.25. The summed E-state index contributed by atoms with van der Waals surface area (Å²) in [7, 11) is 0. The van der Waals surface area contributed by atoms with E-state index < -0.39 is 0 Å². The molecule has 1 fully saturated rings. The fourth-order valence-corrected chi connectivity index (χ4v) is 2.29. The molecule has 0 radical (unpaired) electrons. The minimum atomic E-state index is -0.0601. The average Bonchev–Trinajstić information content (AvgIpc) is 2.74. The standard InChI is InChI=1S/C14H27NO2/c1-3-4-5-6-7-8-11-17-14(16)13-12(2)9-10-15-13/h12-13,15H,3-11H2,1-2H3. The molecular formula is C14H27NO2. The monoisotopic (exact) mass is 241 g/mol. The van der Waals surface area contributed by atoms with Crippen LogP contribution < -0.4 is 5.32 Å². The summed E-state index contributed by atoms with van der Waals surface area (Å²) in [6.45, 7) is 5.86. The Bertz CT molecular complexity index is 218. The molecular weight excluding hydrogens is 214 g/mol. The number of hydrogen-bond acceptors (Lipinski definition) is 3. The van der Waals surface area contributed by atoms with Crippen LogP contribution in [0.25, 0.3) is 0 Å². The zero-order valence-electron chi connectivity index (χ0n) is 11.3. The Morgan fingerprint density at radius 1 is 1.24 bits per heavy atom. The van der Waals surface area contributed by atoms with E-state index >= 15 is 0 Å². The van der Waals surface area contributed by atoms with Gasteiger partial charge in [0.1, 0.15) is 6.04 Å². The Labute approximate surface area is 105 Å². The maximum absolute atomic E-state index is 11.7. The Hall–Kier alpha value is -0.570. The molecule has 0 aliphatic carbocycles. The number of ether oxygens (including phenoxy) is 1. The van der Waals surface area contributed by atoms with Crippen LogP contribution >= 0.6 is 0 Å². The zero-order chi connectivity index (χ0) is 12.5. The van der Waals surface area contributed by atoms with Crippen molar-refractivity contribution in [2.24, 2.45) is 5.92 Å². The lowest BCUT2D eigenvalue weighted by atomic mass is 10.0. The fraction of sp³-hybridized carbons (Fsp3) is 0.929. The number of unbranched alkanes of at least 4 members (excludes halogenated alkanes) is 5. The molecule has 1 N–H and O–H groups in total. The molecule has 1 aliphatic rings. The van der Waals surface area contributed by atoms with Crippen molar-refractivity contribution in [1.82, 2.24) is 5.32 Å². The summed E-state index contributed by atoms with van der Waals surface area (Å²) in [5, 5.41) is 3.20. The van der Waals surface area contributed by atoms with Crippen molar-refractivity contribution in [3.63, 3.8) is 0 Å². The number of rotatable bonds is 8. The quantitative estimate of drug-likeness (QED) is 0.524. The number of carbonyl (C=O) groups excluding carboxylic acids is 1. The minimum Gasteiger partial charge on any atom is -0.465 e. The predicted octanol–water partition coefficient (Wildman–Crippen LogP) is 2.89. The predicted molar refractivity (Wildman–Crippen MR) is 69.9 cm³/mol. The van der Waals surface area contributed by atoms with Crippen molar-refractivity contribution < 1.29 is 9.53 Å². The van der Waals surface area contributed by atoms with Gasteiger partial charge >= 0.3 is 5.97 Å². The van der Waals surface area contributed by atoms with Crippen molar-refractivity contribution in [2.75, 3.05) is 13.2 Å². The van der Waals surface area contributed by atoms with Gasteiger partial charge in [0.25, 0.3) is 0 Å². The van der Waals surface area contributed by atoms with Gasteiger partial charge in [-0.05, 0) is 25.3 Å². The highest BCUT2D eigenvalue weighted by atomic mass is 16.5. The SMILES string of the molecule is CCCCCCCCOC(=O)C1NCCC1C. The lowest BCUT2D eigenvalue weighted by Crippen LogP contribution is -2.36. The Balaban J connectivity index is 1.97. The molecule has 2 unspecified atom stereocenters. The lowest BCUT2D eigenvalue weighted by Gasteiger charge is -2.14. The van der Waals surface area contributed by atoms with E-state index in [0.717, 1.165) is 19.4 Å². The number of hydrogen-bond donors (Lipinski definition) is 1. The number of nitrogens with one attached hydrogen (secondary N) is 1. The average molecular weight is 241 g/mol. The van der Waals surface area contributed by atoms with Crippen LogP contribution in [0.1, 0.15) is 58.8 Å². The molecule has 0 spiro atoms. The fourth-order valence-electron chi connectivity index (χ4n) is 2.29. The third-order valence-corrected chi connectivity index (χ3v) is 3.53. The van der Waals surface area contributed by atoms with Crippen molar-refractivity contribution in [3.05, 3.63) is 0 Å². The van der Waals surface area contributed by atoms with E-state index in [2.05, 4.69) is 19.2 Å². The molecule has 0 aromatic rings. The lowest BCUT2D eigenvalue weighted by molar-refractivity contribution is -0.146. The first-order chi connectivity index (χ1) is 8.25. The van der Waals surface area contributed by atoms with Gasteiger partial charge in [0.15, 0.2) is 0 Å². The third kappa shape index (κ3) is 5.53. The number of esters is 1. The van der Waals surface area contributed by atoms with Crippen molar-refractivity contribution in [3.8, 4) is 0 Å². The highest BCUT2D eigenvalue weighted by molar-refractivity contribution is 5.76. The molecule has 0 amide bonds. The molecule has 100 valence electrons. The smallest absolute Gasteiger partial charge is 0.323 e. The van der Waals surface area contributed by atoms with Crippen LogP contribution in [0.5, 0.6) is 0 Å². The molecule has 0 aromatic heterocycles. The summed E-state index contributed by atoms with van der Waals surface area (Å²) in [6.07, 6.45) is 8.45. The first-order valence-corrected chi connectivity index (χ1v) is 7.15. The second-order valence-corrected chi connectivity index (χ2v) is 5.13. The van der Waals surface area contributed by atoms with Gasteiger partial charge in [-0.15, -0.1) is 0 Å². The molecule has 1 aliphatic heterocycles. The van der Waals surface area contributed by atoms with E-state index in [-0.39, 0.29) is 12.0 Å². The summed E-state index contributed by atoms with van der Waals surface area (Å²) in [5.74, 6) is 0.371. The molecule has 0 saturated carbocycles. The van der Waals surface area contributed by atoms with E-state index in [1.54, 1.807) is 0 Å². The van der Waals surface area contributed by atoms with Gasteiger partial charge in [0.2, 0.25) is 0 Å². The van der Waals surface area contributed by atoms with Gasteiger partial charge < -0.3 is 10.1 Å². The van der Waals surface area contributed by atoms with Crippen molar-refractivity contribution in [2.45, 2.75) is 64.8 Å². The van der Waals surface area contributed by atoms with Crippen molar-refractivity contribution in [1.29, 1.82) is 0 Å². The van der Waals surface area contributed by atoms with Gasteiger partial charge in [0.05, 0.1) is 6.61 Å². The first-order valence-electron chi connectivity index (χ1n) is 7.15. The molecule has 3 nitrogen and oxygen atoms in total. The van der Waals surface area contributed by atoms with Crippen LogP contribution in [0.3, 0.4) is 0 Å². The normalized spacial score (nSPS) is 23.9. The minimum absolute atomic E-state index is 0.0523. The van der Waals surface area contributed by atoms with E-state index in [1.165, 1.54) is 32.1 Å². The van der Waals surface area contributed by atoms with Crippen LogP contribution in [0.2, 0.25) is 0 Å². The maximum atomic E-state index is 11.7. The molecule has 0 bridgehead atoms. The van der Waals surface area contributed by atoms with Gasteiger partial charge in [-0.2, -0.15) is 0 Å². The molecule has 3 heteroatoms. The maximum Gasteiger partial charge on any atom is 0.323 e. The van der Waals surface area contributed by atoms with E-state index in [4.69, 9.17) is 4.74 Å². The van der Waals surface area contributed by atoms with Gasteiger partial charge in [-0.3, -0.25) is 4.79 Å². The highest BCUT2D eigenvalue weighted by Crippen LogP contribution is 2.15. The Morgan fingerprint density at radius 3 is 2.59 bits per heavy atom. The van der Waals surface area contributed by atoms with Crippen LogP contribution in [0, 0.1) is 5.92 Å². The summed E-state index contributed by atoms with van der Waals surface area (Å²) < 4.78 is 5.30. The molecule has 17 heavy (non-hydrogen) atoms. The molecule has 1 heterocycles. The summed E-state index contributed by atoms with van der Waals surface area (Å²) in [4.78, 5) is 11.7. The molecule has 1 saturated heterocycles. The van der Waals surface area contributed by atoms with Crippen LogP contribution in [0.4, 0.5) is 0 Å². The summed E-state index contributed by atoms with van der Waals surface area (Å²) >= 11 is 0. The molecule has 1 rings (SSSR count). The van der Waals surface area contributed by atoms with Crippen LogP contribution in [-0.2, 0) is 9.53 Å². The largest absolute Gasteiger partial charge is 0.465 e. The van der Waals surface area contributed by atoms with Crippen LogP contribution in [-0.4, -0.2) is 25.2 Å². The number of carbonyl (C=O) groups is 1. The van der Waals surface area contributed by atoms with E-state index in [9.17, 15) is 4.79 Å². The van der Waals surface area contributed by atoms with E-state index in [0.29, 0.717) is 12.5 Å². The van der Waals surface area contributed by atoms with E-state index in [1.807, 2.05) is 0 Å². The Morgan fingerprint density at radius 2 is 1.94 bits per heavy atom. The molecule has 0 aromatic carbocycles. The molecule has 2 atom stereocenters. The second kappa shape index (κ2) is 8.51. The summed E-state index contributed by atoms with van der Waals surface area (Å²) in [6, 6.07) is -0.0601. The highest BCUT2D eigenvalue weighted by Gasteiger charge is 2.30. The van der Waals surface area contributed by atoms with Crippen molar-refractivity contribution >= 4 is 5.97 Å². The zero-order valence-corrected chi connectivity index (χ0v) is 11.3. The van der Waals surface area contributed by atoms with Gasteiger partial charge in [0, 0.05) is 0 Å².